The molecule has 1 saturated heterocycles. The van der Waals surface area contributed by atoms with E-state index in [4.69, 9.17) is 9.26 Å². The van der Waals surface area contributed by atoms with Crippen molar-refractivity contribution in [1.82, 2.24) is 15.0 Å². The number of hydrogen-bond donors (Lipinski definition) is 1. The Kier molecular flexibility index (Phi) is 4.70. The zero-order chi connectivity index (χ0) is 20.7. The number of carbonyl (C=O) groups excluding carboxylic acids is 1. The number of β-amino-alcohol motifs (C(OH)–C–C–N with tert-alkyl or cyclic N) is 1. The molecule has 2 atom stereocenters. The molecule has 7 heteroatoms. The summed E-state index contributed by atoms with van der Waals surface area (Å²) in [4.78, 5) is 19.0. The van der Waals surface area contributed by atoms with Crippen LogP contribution in [0.3, 0.4) is 0 Å². The lowest BCUT2D eigenvalue weighted by atomic mass is 9.72. The lowest BCUT2D eigenvalue weighted by Crippen LogP contribution is -2.33. The van der Waals surface area contributed by atoms with Crippen molar-refractivity contribution in [3.63, 3.8) is 0 Å². The number of amides is 1. The number of methoxy groups -OCH3 is 1. The van der Waals surface area contributed by atoms with E-state index in [1.165, 1.54) is 5.57 Å². The molecule has 1 aromatic carbocycles. The first-order valence-corrected chi connectivity index (χ1v) is 10.4. The van der Waals surface area contributed by atoms with Crippen LogP contribution in [0.2, 0.25) is 0 Å². The molecule has 1 unspecified atom stereocenters. The Morgan fingerprint density at radius 1 is 1.37 bits per heavy atom. The minimum Gasteiger partial charge on any atom is -0.496 e. The smallest absolute Gasteiger partial charge is 0.262 e. The fourth-order valence-corrected chi connectivity index (χ4v) is 5.39. The molecule has 156 valence electrons. The van der Waals surface area contributed by atoms with Crippen LogP contribution in [-0.4, -0.2) is 52.9 Å². The average Bonchev–Trinajstić information content (AvgIpc) is 3.47. The molecule has 1 aliphatic heterocycles. The second kappa shape index (κ2) is 7.40. The molecule has 0 bridgehead atoms. The summed E-state index contributed by atoms with van der Waals surface area (Å²) < 4.78 is 11.0. The van der Waals surface area contributed by atoms with Crippen LogP contribution >= 0.6 is 0 Å². The van der Waals surface area contributed by atoms with Gasteiger partial charge in [0, 0.05) is 30.5 Å². The van der Waals surface area contributed by atoms with Gasteiger partial charge in [0.25, 0.3) is 5.89 Å². The predicted octanol–water partition coefficient (Wildman–Crippen LogP) is 3.08. The molecule has 2 fully saturated rings. The van der Waals surface area contributed by atoms with E-state index in [1.54, 1.807) is 7.11 Å². The topological polar surface area (TPSA) is 88.7 Å². The number of aromatic nitrogens is 2. The average molecular weight is 407 g/mol. The Morgan fingerprint density at radius 3 is 3.07 bits per heavy atom. The monoisotopic (exact) mass is 407 g/mol. The van der Waals surface area contributed by atoms with Gasteiger partial charge in [-0.2, -0.15) is 4.98 Å². The molecule has 2 heterocycles. The number of allylic oxidation sites excluding steroid dienone is 4. The van der Waals surface area contributed by atoms with Crippen molar-refractivity contribution < 1.29 is 19.2 Å². The fourth-order valence-electron chi connectivity index (χ4n) is 5.39. The van der Waals surface area contributed by atoms with E-state index in [1.807, 2.05) is 29.2 Å². The molecular formula is C23H25N3O4. The van der Waals surface area contributed by atoms with Gasteiger partial charge in [0.05, 0.1) is 19.3 Å². The number of para-hydroxylation sites is 1. The van der Waals surface area contributed by atoms with Crippen molar-refractivity contribution in [2.24, 2.45) is 11.3 Å². The summed E-state index contributed by atoms with van der Waals surface area (Å²) in [5.74, 6) is 2.16. The van der Waals surface area contributed by atoms with Crippen LogP contribution in [-0.2, 0) is 4.79 Å². The van der Waals surface area contributed by atoms with E-state index < -0.39 is 0 Å². The summed E-state index contributed by atoms with van der Waals surface area (Å²) in [7, 11) is 1.62. The summed E-state index contributed by atoms with van der Waals surface area (Å²) >= 11 is 0. The second-order valence-corrected chi connectivity index (χ2v) is 8.33. The molecule has 2 aliphatic carbocycles. The van der Waals surface area contributed by atoms with E-state index in [2.05, 4.69) is 22.3 Å². The van der Waals surface area contributed by atoms with Crippen LogP contribution in [0.5, 0.6) is 5.75 Å². The van der Waals surface area contributed by atoms with E-state index in [9.17, 15) is 9.90 Å². The molecule has 1 aromatic heterocycles. The maximum absolute atomic E-state index is 12.5. The van der Waals surface area contributed by atoms with E-state index in [-0.39, 0.29) is 17.9 Å². The number of benzene rings is 1. The van der Waals surface area contributed by atoms with E-state index in [0.717, 1.165) is 36.9 Å². The van der Waals surface area contributed by atoms with Gasteiger partial charge in [-0.25, -0.2) is 0 Å². The number of aliphatic hydroxyl groups is 1. The molecule has 1 amide bonds. The minimum absolute atomic E-state index is 0.00885. The van der Waals surface area contributed by atoms with Crippen LogP contribution < -0.4 is 4.74 Å². The minimum atomic E-state index is -0.0488. The van der Waals surface area contributed by atoms with Crippen LogP contribution in [0.1, 0.15) is 31.5 Å². The Balaban J connectivity index is 1.47. The van der Waals surface area contributed by atoms with Crippen LogP contribution in [0.25, 0.3) is 17.0 Å². The zero-order valence-electron chi connectivity index (χ0n) is 17.0. The van der Waals surface area contributed by atoms with Gasteiger partial charge >= 0.3 is 0 Å². The van der Waals surface area contributed by atoms with Gasteiger partial charge < -0.3 is 19.3 Å². The third kappa shape index (κ3) is 2.96. The first-order chi connectivity index (χ1) is 14.6. The molecule has 1 saturated carbocycles. The third-order valence-corrected chi connectivity index (χ3v) is 6.79. The van der Waals surface area contributed by atoms with Gasteiger partial charge in [-0.1, -0.05) is 35.0 Å². The molecule has 2 aromatic rings. The predicted molar refractivity (Wildman–Crippen MR) is 110 cm³/mol. The van der Waals surface area contributed by atoms with E-state index in [0.29, 0.717) is 36.3 Å². The third-order valence-electron chi connectivity index (χ3n) is 6.79. The lowest BCUT2D eigenvalue weighted by Gasteiger charge is -2.32. The van der Waals surface area contributed by atoms with Gasteiger partial charge in [-0.15, -0.1) is 0 Å². The van der Waals surface area contributed by atoms with Crippen molar-refractivity contribution in [2.45, 2.75) is 25.7 Å². The SMILES string of the molecule is COc1ccccc1-c1nc(C2=C3CC[C@@]4(CC(=O)N(CCO)C4)C3CC=C2)no1. The van der Waals surface area contributed by atoms with Gasteiger partial charge in [-0.3, -0.25) is 4.79 Å². The quantitative estimate of drug-likeness (QED) is 0.819. The largest absolute Gasteiger partial charge is 0.496 e. The summed E-state index contributed by atoms with van der Waals surface area (Å²) in [6, 6.07) is 7.58. The molecule has 1 N–H and O–H groups in total. The highest BCUT2D eigenvalue weighted by molar-refractivity contribution is 5.81. The molecule has 30 heavy (non-hydrogen) atoms. The molecule has 1 spiro atoms. The van der Waals surface area contributed by atoms with Gasteiger partial charge in [0.2, 0.25) is 11.7 Å². The normalized spacial score (nSPS) is 25.5. The summed E-state index contributed by atoms with van der Waals surface area (Å²) in [6.07, 6.45) is 7.64. The zero-order valence-corrected chi connectivity index (χ0v) is 17.0. The van der Waals surface area contributed by atoms with E-state index >= 15 is 0 Å². The number of aliphatic hydroxyl groups excluding tert-OH is 1. The molecule has 5 rings (SSSR count). The summed E-state index contributed by atoms with van der Waals surface area (Å²) in [5, 5.41) is 13.5. The Hall–Kier alpha value is -2.93. The van der Waals surface area contributed by atoms with Crippen molar-refractivity contribution in [2.75, 3.05) is 26.8 Å². The van der Waals surface area contributed by atoms with Crippen LogP contribution in [0.4, 0.5) is 0 Å². The maximum atomic E-state index is 12.5. The van der Waals surface area contributed by atoms with Crippen LogP contribution in [0.15, 0.2) is 46.5 Å². The van der Waals surface area contributed by atoms with Gasteiger partial charge in [0.15, 0.2) is 0 Å². The number of likely N-dealkylation sites (tertiary alicyclic amines) is 1. The maximum Gasteiger partial charge on any atom is 0.262 e. The number of carbonyl (C=O) groups is 1. The number of ether oxygens (including phenoxy) is 1. The number of fused-ring (bicyclic) bond motifs is 2. The molecular weight excluding hydrogens is 382 g/mol. The van der Waals surface area contributed by atoms with Crippen molar-refractivity contribution in [1.29, 1.82) is 0 Å². The fraction of sp³-hybridized carbons (Fsp3) is 0.435. The molecule has 0 radical (unpaired) electrons. The first kappa shape index (κ1) is 19.1. The number of hydrogen-bond acceptors (Lipinski definition) is 6. The van der Waals surface area contributed by atoms with Gasteiger partial charge in [0.1, 0.15) is 5.75 Å². The van der Waals surface area contributed by atoms with Gasteiger partial charge in [-0.05, 0) is 37.3 Å². The number of rotatable bonds is 5. The summed E-state index contributed by atoms with van der Waals surface area (Å²) in [5.41, 5.74) is 3.06. The highest BCUT2D eigenvalue weighted by Crippen LogP contribution is 2.57. The highest BCUT2D eigenvalue weighted by Gasteiger charge is 2.53. The first-order valence-electron chi connectivity index (χ1n) is 10.4. The molecule has 3 aliphatic rings. The highest BCUT2D eigenvalue weighted by atomic mass is 16.5. The Morgan fingerprint density at radius 2 is 2.23 bits per heavy atom. The van der Waals surface area contributed by atoms with Crippen molar-refractivity contribution >= 4 is 11.5 Å². The lowest BCUT2D eigenvalue weighted by molar-refractivity contribution is -0.128. The Labute approximate surface area is 175 Å². The molecule has 7 nitrogen and oxygen atoms in total. The van der Waals surface area contributed by atoms with Crippen molar-refractivity contribution in [3.8, 4) is 17.2 Å². The number of nitrogens with zero attached hydrogens (tertiary/aromatic N) is 3. The summed E-state index contributed by atoms with van der Waals surface area (Å²) in [6.45, 7) is 1.15. The van der Waals surface area contributed by atoms with Crippen molar-refractivity contribution in [3.05, 3.63) is 47.8 Å². The van der Waals surface area contributed by atoms with Crippen LogP contribution in [0, 0.1) is 11.3 Å². The standard InChI is InChI=1S/C23H25N3O4/c1-29-19-8-3-2-5-17(19)22-24-21(25-30-22)16-6-4-7-18-15(16)9-10-23(18)13-20(28)26(14-23)11-12-27/h2-6,8,18,27H,7,9-14H2,1H3/t18?,23-/m0/s1. The Bertz CT molecular complexity index is 1040. The second-order valence-electron chi connectivity index (χ2n) is 8.33.